The number of hydrogen-bond acceptors (Lipinski definition) is 2. The third-order valence-electron chi connectivity index (χ3n) is 3.63. The smallest absolute Gasteiger partial charge is 0.159 e. The fourth-order valence-electron chi connectivity index (χ4n) is 2.35. The van der Waals surface area contributed by atoms with Crippen molar-refractivity contribution in [2.75, 3.05) is 0 Å². The van der Waals surface area contributed by atoms with Crippen molar-refractivity contribution in [3.63, 3.8) is 0 Å². The zero-order chi connectivity index (χ0) is 14.4. The Balaban J connectivity index is 2.18. The summed E-state index contributed by atoms with van der Waals surface area (Å²) in [7, 11) is 0. The van der Waals surface area contributed by atoms with Gasteiger partial charge in [0.05, 0.1) is 0 Å². The number of unbranched alkanes of at least 4 members (excludes halogenated alkanes) is 1. The molecule has 0 aliphatic carbocycles. The van der Waals surface area contributed by atoms with Gasteiger partial charge in [0.15, 0.2) is 5.82 Å². The summed E-state index contributed by atoms with van der Waals surface area (Å²) in [5.74, 6) is 0.839. The highest BCUT2D eigenvalue weighted by Crippen LogP contribution is 2.18. The van der Waals surface area contributed by atoms with Crippen molar-refractivity contribution in [2.24, 2.45) is 0 Å². The molecule has 0 bridgehead atoms. The minimum atomic E-state index is 0.839. The first-order valence-corrected chi connectivity index (χ1v) is 7.66. The standard InChI is InChI=1S/C18H24N2/c1-4-6-8-17-13-19-18(20-14(17)3)16-11-9-15(7-5-2)10-12-16/h9-13H,4-8H2,1-3H3. The van der Waals surface area contributed by atoms with Gasteiger partial charge in [-0.3, -0.25) is 0 Å². The molecule has 0 aliphatic rings. The first-order valence-electron chi connectivity index (χ1n) is 7.66. The van der Waals surface area contributed by atoms with E-state index in [2.05, 4.69) is 55.0 Å². The fourth-order valence-corrected chi connectivity index (χ4v) is 2.35. The fraction of sp³-hybridized carbons (Fsp3) is 0.444. The Bertz CT molecular complexity index is 544. The quantitative estimate of drug-likeness (QED) is 0.755. The molecule has 1 heterocycles. The van der Waals surface area contributed by atoms with Crippen molar-refractivity contribution in [1.82, 2.24) is 9.97 Å². The largest absolute Gasteiger partial charge is 0.236 e. The molecule has 0 saturated carbocycles. The third-order valence-corrected chi connectivity index (χ3v) is 3.63. The lowest BCUT2D eigenvalue weighted by Gasteiger charge is -2.07. The number of rotatable bonds is 6. The van der Waals surface area contributed by atoms with E-state index in [-0.39, 0.29) is 0 Å². The number of aromatic nitrogens is 2. The number of nitrogens with zero attached hydrogens (tertiary/aromatic N) is 2. The van der Waals surface area contributed by atoms with E-state index in [9.17, 15) is 0 Å². The molecule has 20 heavy (non-hydrogen) atoms. The molecular formula is C18H24N2. The molecule has 2 nitrogen and oxygen atoms in total. The molecule has 0 fully saturated rings. The molecule has 0 spiro atoms. The summed E-state index contributed by atoms with van der Waals surface area (Å²) in [4.78, 5) is 9.19. The van der Waals surface area contributed by atoms with Gasteiger partial charge in [-0.15, -0.1) is 0 Å². The van der Waals surface area contributed by atoms with Crippen molar-refractivity contribution in [3.8, 4) is 11.4 Å². The Morgan fingerprint density at radius 2 is 1.70 bits per heavy atom. The van der Waals surface area contributed by atoms with E-state index in [1.807, 2.05) is 6.20 Å². The third kappa shape index (κ3) is 3.66. The number of benzene rings is 1. The SMILES string of the molecule is CCCCc1cnc(-c2ccc(CCC)cc2)nc1C. The number of hydrogen-bond donors (Lipinski definition) is 0. The van der Waals surface area contributed by atoms with E-state index in [4.69, 9.17) is 0 Å². The first-order chi connectivity index (χ1) is 9.74. The molecule has 0 saturated heterocycles. The van der Waals surface area contributed by atoms with Gasteiger partial charge in [0.2, 0.25) is 0 Å². The molecule has 0 unspecified atom stereocenters. The van der Waals surface area contributed by atoms with Crippen LogP contribution in [0.1, 0.15) is 49.9 Å². The average Bonchev–Trinajstić information content (AvgIpc) is 2.47. The Labute approximate surface area is 122 Å². The van der Waals surface area contributed by atoms with Crippen LogP contribution in [-0.4, -0.2) is 9.97 Å². The van der Waals surface area contributed by atoms with Crippen LogP contribution in [0.15, 0.2) is 30.5 Å². The second kappa shape index (κ2) is 7.18. The van der Waals surface area contributed by atoms with Crippen LogP contribution < -0.4 is 0 Å². The summed E-state index contributed by atoms with van der Waals surface area (Å²) < 4.78 is 0. The zero-order valence-corrected chi connectivity index (χ0v) is 12.8. The molecule has 2 heteroatoms. The summed E-state index contributed by atoms with van der Waals surface area (Å²) in [5.41, 5.74) is 4.88. The van der Waals surface area contributed by atoms with Crippen molar-refractivity contribution in [3.05, 3.63) is 47.3 Å². The predicted molar refractivity (Wildman–Crippen MR) is 84.8 cm³/mol. The Kier molecular flexibility index (Phi) is 5.28. The Morgan fingerprint density at radius 3 is 2.30 bits per heavy atom. The van der Waals surface area contributed by atoms with E-state index in [0.29, 0.717) is 0 Å². The molecule has 0 N–H and O–H groups in total. The molecule has 1 aromatic carbocycles. The molecule has 0 radical (unpaired) electrons. The minimum Gasteiger partial charge on any atom is -0.236 e. The van der Waals surface area contributed by atoms with Gasteiger partial charge in [0.25, 0.3) is 0 Å². The number of aryl methyl sites for hydroxylation is 3. The maximum absolute atomic E-state index is 4.66. The van der Waals surface area contributed by atoms with E-state index < -0.39 is 0 Å². The highest BCUT2D eigenvalue weighted by atomic mass is 14.9. The molecule has 2 aromatic rings. The Hall–Kier alpha value is -1.70. The van der Waals surface area contributed by atoms with E-state index in [1.54, 1.807) is 0 Å². The van der Waals surface area contributed by atoms with E-state index in [0.717, 1.165) is 29.9 Å². The van der Waals surface area contributed by atoms with Crippen molar-refractivity contribution >= 4 is 0 Å². The summed E-state index contributed by atoms with van der Waals surface area (Å²) in [6, 6.07) is 8.63. The van der Waals surface area contributed by atoms with Gasteiger partial charge in [0.1, 0.15) is 0 Å². The molecule has 2 rings (SSSR count). The highest BCUT2D eigenvalue weighted by Gasteiger charge is 2.05. The van der Waals surface area contributed by atoms with Gasteiger partial charge in [-0.1, -0.05) is 51.0 Å². The van der Waals surface area contributed by atoms with Crippen LogP contribution in [0.2, 0.25) is 0 Å². The highest BCUT2D eigenvalue weighted by molar-refractivity contribution is 5.55. The zero-order valence-electron chi connectivity index (χ0n) is 12.8. The maximum atomic E-state index is 4.66. The topological polar surface area (TPSA) is 25.8 Å². The van der Waals surface area contributed by atoms with Crippen molar-refractivity contribution in [2.45, 2.75) is 52.9 Å². The van der Waals surface area contributed by atoms with Crippen LogP contribution in [0.4, 0.5) is 0 Å². The van der Waals surface area contributed by atoms with Gasteiger partial charge >= 0.3 is 0 Å². The van der Waals surface area contributed by atoms with Crippen LogP contribution in [0, 0.1) is 6.92 Å². The van der Waals surface area contributed by atoms with Crippen molar-refractivity contribution < 1.29 is 0 Å². The molecule has 1 aromatic heterocycles. The lowest BCUT2D eigenvalue weighted by atomic mass is 10.1. The first kappa shape index (κ1) is 14.7. The predicted octanol–water partition coefficient (Wildman–Crippen LogP) is 4.75. The summed E-state index contributed by atoms with van der Waals surface area (Å²) >= 11 is 0. The minimum absolute atomic E-state index is 0.839. The van der Waals surface area contributed by atoms with Crippen LogP contribution in [0.25, 0.3) is 11.4 Å². The van der Waals surface area contributed by atoms with Gasteiger partial charge in [-0.2, -0.15) is 0 Å². The van der Waals surface area contributed by atoms with Crippen LogP contribution >= 0.6 is 0 Å². The van der Waals surface area contributed by atoms with Crippen LogP contribution in [0.5, 0.6) is 0 Å². The average molecular weight is 268 g/mol. The molecule has 0 aliphatic heterocycles. The summed E-state index contributed by atoms with van der Waals surface area (Å²) in [6.45, 7) is 6.50. The summed E-state index contributed by atoms with van der Waals surface area (Å²) in [5, 5.41) is 0. The summed E-state index contributed by atoms with van der Waals surface area (Å²) in [6.07, 6.45) is 7.80. The molecular weight excluding hydrogens is 244 g/mol. The van der Waals surface area contributed by atoms with E-state index >= 15 is 0 Å². The second-order valence-corrected chi connectivity index (χ2v) is 5.35. The lowest BCUT2D eigenvalue weighted by Crippen LogP contribution is -1.98. The van der Waals surface area contributed by atoms with Crippen molar-refractivity contribution in [1.29, 1.82) is 0 Å². The molecule has 0 atom stereocenters. The maximum Gasteiger partial charge on any atom is 0.159 e. The van der Waals surface area contributed by atoms with Gasteiger partial charge in [0, 0.05) is 17.5 Å². The lowest BCUT2D eigenvalue weighted by molar-refractivity contribution is 0.782. The van der Waals surface area contributed by atoms with Gasteiger partial charge < -0.3 is 0 Å². The Morgan fingerprint density at radius 1 is 0.950 bits per heavy atom. The van der Waals surface area contributed by atoms with E-state index in [1.165, 1.54) is 30.4 Å². The van der Waals surface area contributed by atoms with Crippen LogP contribution in [-0.2, 0) is 12.8 Å². The normalized spacial score (nSPS) is 10.8. The van der Waals surface area contributed by atoms with Gasteiger partial charge in [-0.05, 0) is 37.3 Å². The monoisotopic (exact) mass is 268 g/mol. The molecule has 0 amide bonds. The molecule has 106 valence electrons. The van der Waals surface area contributed by atoms with Gasteiger partial charge in [-0.25, -0.2) is 9.97 Å². The second-order valence-electron chi connectivity index (χ2n) is 5.35. The van der Waals surface area contributed by atoms with Crippen LogP contribution in [0.3, 0.4) is 0 Å².